The number of carboxylic acids is 1. The van der Waals surface area contributed by atoms with Gasteiger partial charge in [0.2, 0.25) is 5.91 Å². The minimum Gasteiger partial charge on any atom is -0.478 e. The number of hydrogen-bond donors (Lipinski definition) is 2. The molecule has 0 bridgehead atoms. The lowest BCUT2D eigenvalue weighted by Crippen LogP contribution is -2.26. The topological polar surface area (TPSA) is 66.4 Å². The summed E-state index contributed by atoms with van der Waals surface area (Å²) in [6.07, 6.45) is -0.493. The van der Waals surface area contributed by atoms with Crippen molar-refractivity contribution in [2.75, 3.05) is 5.32 Å². The number of hydrogen-bond acceptors (Lipinski definition) is 2. The summed E-state index contributed by atoms with van der Waals surface area (Å²) in [5, 5.41) is 11.0. The maximum absolute atomic E-state index is 13.0. The molecule has 1 amide bonds. The molecule has 1 saturated carbocycles. The number of aromatic carboxylic acids is 1. The molecule has 102 valence electrons. The number of carbonyl (C=O) groups is 2. The lowest BCUT2D eigenvalue weighted by atomic mass is 10.1. The van der Waals surface area contributed by atoms with E-state index in [9.17, 15) is 18.4 Å². The van der Waals surface area contributed by atoms with Gasteiger partial charge in [-0.3, -0.25) is 4.79 Å². The smallest absolute Gasteiger partial charge is 0.337 e. The van der Waals surface area contributed by atoms with E-state index in [0.717, 1.165) is 0 Å². The minimum atomic E-state index is -3.00. The molecule has 0 aliphatic heterocycles. The number of carboxylic acid groups (broad SMARTS) is 1. The van der Waals surface area contributed by atoms with E-state index in [1.807, 2.05) is 0 Å². The summed E-state index contributed by atoms with van der Waals surface area (Å²) in [5.74, 6) is -5.01. The molecule has 0 radical (unpaired) electrons. The second-order valence-electron chi connectivity index (χ2n) is 4.67. The highest BCUT2D eigenvalue weighted by molar-refractivity contribution is 6.33. The first-order chi connectivity index (χ1) is 8.67. The monoisotopic (exact) mass is 289 g/mol. The molecule has 2 rings (SSSR count). The first-order valence-electron chi connectivity index (χ1n) is 5.39. The van der Waals surface area contributed by atoms with Crippen molar-refractivity contribution in [3.05, 3.63) is 28.8 Å². The van der Waals surface area contributed by atoms with Gasteiger partial charge in [0.1, 0.15) is 5.41 Å². The minimum absolute atomic E-state index is 0.0713. The zero-order valence-corrected chi connectivity index (χ0v) is 10.6. The van der Waals surface area contributed by atoms with Gasteiger partial charge in [-0.2, -0.15) is 0 Å². The second-order valence-corrected chi connectivity index (χ2v) is 5.07. The average molecular weight is 290 g/mol. The first-order valence-corrected chi connectivity index (χ1v) is 5.77. The summed E-state index contributed by atoms with van der Waals surface area (Å²) in [4.78, 5) is 22.4. The average Bonchev–Trinajstić information content (AvgIpc) is 2.79. The molecular formula is C12H10ClF2NO3. The van der Waals surface area contributed by atoms with Crippen LogP contribution < -0.4 is 5.32 Å². The lowest BCUT2D eigenvalue weighted by Gasteiger charge is -2.11. The van der Waals surface area contributed by atoms with Crippen LogP contribution in [0.2, 0.25) is 5.02 Å². The molecule has 0 saturated heterocycles. The van der Waals surface area contributed by atoms with Crippen molar-refractivity contribution in [3.8, 4) is 0 Å². The number of nitrogens with one attached hydrogen (secondary N) is 1. The van der Waals surface area contributed by atoms with E-state index >= 15 is 0 Å². The van der Waals surface area contributed by atoms with Crippen LogP contribution in [0.5, 0.6) is 0 Å². The van der Waals surface area contributed by atoms with E-state index in [0.29, 0.717) is 0 Å². The number of halogens is 3. The molecule has 1 atom stereocenters. The molecule has 4 nitrogen and oxygen atoms in total. The van der Waals surface area contributed by atoms with Gasteiger partial charge < -0.3 is 10.4 Å². The Morgan fingerprint density at radius 3 is 2.42 bits per heavy atom. The van der Waals surface area contributed by atoms with Crippen LogP contribution in [0.1, 0.15) is 23.7 Å². The van der Waals surface area contributed by atoms with Crippen LogP contribution in [0.3, 0.4) is 0 Å². The molecule has 0 aromatic heterocycles. The van der Waals surface area contributed by atoms with Gasteiger partial charge in [-0.25, -0.2) is 13.6 Å². The van der Waals surface area contributed by atoms with Gasteiger partial charge in [0.05, 0.1) is 10.6 Å². The van der Waals surface area contributed by atoms with E-state index in [4.69, 9.17) is 16.7 Å². The van der Waals surface area contributed by atoms with Crippen molar-refractivity contribution in [2.24, 2.45) is 5.41 Å². The second kappa shape index (κ2) is 4.16. The molecule has 1 aromatic rings. The molecule has 1 aliphatic rings. The Morgan fingerprint density at radius 2 is 2.00 bits per heavy atom. The van der Waals surface area contributed by atoms with E-state index in [-0.39, 0.29) is 16.3 Å². The maximum atomic E-state index is 13.0. The molecule has 19 heavy (non-hydrogen) atoms. The Balaban J connectivity index is 2.15. The Hall–Kier alpha value is -1.69. The molecule has 1 aliphatic carbocycles. The van der Waals surface area contributed by atoms with Crippen LogP contribution in [-0.2, 0) is 4.79 Å². The van der Waals surface area contributed by atoms with Crippen LogP contribution in [0, 0.1) is 5.41 Å². The van der Waals surface area contributed by atoms with Crippen LogP contribution in [-0.4, -0.2) is 22.9 Å². The van der Waals surface area contributed by atoms with E-state index < -0.39 is 29.6 Å². The van der Waals surface area contributed by atoms with Gasteiger partial charge in [0, 0.05) is 12.1 Å². The number of benzene rings is 1. The highest BCUT2D eigenvalue weighted by Crippen LogP contribution is 2.60. The van der Waals surface area contributed by atoms with Crippen molar-refractivity contribution < 1.29 is 23.5 Å². The van der Waals surface area contributed by atoms with Crippen LogP contribution in [0.4, 0.5) is 14.5 Å². The molecule has 1 unspecified atom stereocenters. The fourth-order valence-electron chi connectivity index (χ4n) is 1.68. The lowest BCUT2D eigenvalue weighted by molar-refractivity contribution is -0.123. The van der Waals surface area contributed by atoms with Gasteiger partial charge in [-0.15, -0.1) is 0 Å². The molecule has 2 N–H and O–H groups in total. The number of alkyl halides is 2. The normalized spacial score (nSPS) is 23.8. The molecule has 0 spiro atoms. The summed E-state index contributed by atoms with van der Waals surface area (Å²) < 4.78 is 26.0. The van der Waals surface area contributed by atoms with E-state index in [1.54, 1.807) is 0 Å². The standard InChI is InChI=1S/C12H10ClF2NO3/c1-11(5-12(11,14)15)10(19)16-6-2-3-7(9(17)18)8(13)4-6/h2-4H,5H2,1H3,(H,16,19)(H,17,18). The molecule has 0 heterocycles. The highest BCUT2D eigenvalue weighted by Gasteiger charge is 2.72. The van der Waals surface area contributed by atoms with E-state index in [2.05, 4.69) is 5.32 Å². The van der Waals surface area contributed by atoms with Crippen molar-refractivity contribution in [2.45, 2.75) is 19.3 Å². The van der Waals surface area contributed by atoms with Crippen LogP contribution >= 0.6 is 11.6 Å². The van der Waals surface area contributed by atoms with Crippen LogP contribution in [0.25, 0.3) is 0 Å². The predicted octanol–water partition coefficient (Wildman–Crippen LogP) is 3.02. The zero-order chi connectivity index (χ0) is 14.4. The largest absolute Gasteiger partial charge is 0.478 e. The Bertz CT molecular complexity index is 576. The molecule has 1 aromatic carbocycles. The zero-order valence-electron chi connectivity index (χ0n) is 9.84. The number of carbonyl (C=O) groups excluding carboxylic acids is 1. The molecule has 7 heteroatoms. The third kappa shape index (κ3) is 2.28. The van der Waals surface area contributed by atoms with Crippen molar-refractivity contribution in [1.29, 1.82) is 0 Å². The summed E-state index contributed by atoms with van der Waals surface area (Å²) in [6.45, 7) is 1.18. The molecular weight excluding hydrogens is 280 g/mol. The third-order valence-electron chi connectivity index (χ3n) is 3.22. The van der Waals surface area contributed by atoms with E-state index in [1.165, 1.54) is 25.1 Å². The Labute approximate surface area is 112 Å². The Kier molecular flexibility index (Phi) is 3.01. The van der Waals surface area contributed by atoms with Crippen molar-refractivity contribution in [1.82, 2.24) is 0 Å². The van der Waals surface area contributed by atoms with Crippen LogP contribution in [0.15, 0.2) is 18.2 Å². The number of anilines is 1. The number of rotatable bonds is 3. The summed E-state index contributed by atoms with van der Waals surface area (Å²) >= 11 is 5.71. The SMILES string of the molecule is CC1(C(=O)Nc2ccc(C(=O)O)c(Cl)c2)CC1(F)F. The van der Waals surface area contributed by atoms with Gasteiger partial charge >= 0.3 is 5.97 Å². The van der Waals surface area contributed by atoms with Gasteiger partial charge in [-0.1, -0.05) is 11.6 Å². The van der Waals surface area contributed by atoms with Gasteiger partial charge in [0.25, 0.3) is 5.92 Å². The fraction of sp³-hybridized carbons (Fsp3) is 0.333. The predicted molar refractivity (Wildman–Crippen MR) is 64.7 cm³/mol. The molecule has 1 fully saturated rings. The summed E-state index contributed by atoms with van der Waals surface area (Å²) in [6, 6.07) is 3.72. The Morgan fingerprint density at radius 1 is 1.42 bits per heavy atom. The van der Waals surface area contributed by atoms with Crippen molar-refractivity contribution >= 4 is 29.2 Å². The van der Waals surface area contributed by atoms with Gasteiger partial charge in [0.15, 0.2) is 0 Å². The van der Waals surface area contributed by atoms with Crippen molar-refractivity contribution in [3.63, 3.8) is 0 Å². The maximum Gasteiger partial charge on any atom is 0.337 e. The highest BCUT2D eigenvalue weighted by atomic mass is 35.5. The quantitative estimate of drug-likeness (QED) is 0.899. The third-order valence-corrected chi connectivity index (χ3v) is 3.53. The first kappa shape index (κ1) is 13.7. The summed E-state index contributed by atoms with van der Waals surface area (Å²) in [7, 11) is 0. The fourth-order valence-corrected chi connectivity index (χ4v) is 1.94. The van der Waals surface area contributed by atoms with Gasteiger partial charge in [-0.05, 0) is 25.1 Å². The summed E-state index contributed by atoms with van der Waals surface area (Å²) in [5.41, 5.74) is -1.64. The number of amides is 1.